The molecule has 0 unspecified atom stereocenters. The molecule has 4 nitrogen and oxygen atoms in total. The van der Waals surface area contributed by atoms with E-state index in [0.717, 1.165) is 17.1 Å². The molecule has 5 rings (SSSR count). The monoisotopic (exact) mass is 538 g/mol. The van der Waals surface area contributed by atoms with Gasteiger partial charge in [-0.3, -0.25) is 9.59 Å². The Hall–Kier alpha value is -3.44. The predicted octanol–water partition coefficient (Wildman–Crippen LogP) is 8.58. The SMILES string of the molecule is CC(C)C(=O)CCn1c2ccccc2c2ccccc21.Cc1cc(SCC(=O)C(C)C)nc2c(C)cccc12. The van der Waals surface area contributed by atoms with Crippen LogP contribution in [0.15, 0.2) is 77.8 Å². The summed E-state index contributed by atoms with van der Waals surface area (Å²) in [5, 5.41) is 4.66. The van der Waals surface area contributed by atoms with Crippen LogP contribution in [0.1, 0.15) is 45.2 Å². The van der Waals surface area contributed by atoms with Gasteiger partial charge in [0.25, 0.3) is 0 Å². The highest BCUT2D eigenvalue weighted by atomic mass is 32.2. The molecule has 0 aliphatic rings. The third kappa shape index (κ3) is 6.59. The zero-order chi connectivity index (χ0) is 28.1. The zero-order valence-corrected chi connectivity index (χ0v) is 24.6. The normalized spacial score (nSPS) is 11.4. The van der Waals surface area contributed by atoms with E-state index in [-0.39, 0.29) is 17.6 Å². The lowest BCUT2D eigenvalue weighted by molar-refractivity contribution is -0.122. The van der Waals surface area contributed by atoms with Gasteiger partial charge < -0.3 is 4.57 Å². The van der Waals surface area contributed by atoms with Gasteiger partial charge in [0.05, 0.1) is 16.3 Å². The van der Waals surface area contributed by atoms with E-state index in [1.54, 1.807) is 0 Å². The summed E-state index contributed by atoms with van der Waals surface area (Å²) in [6.45, 7) is 12.7. The number of pyridine rings is 1. The minimum absolute atomic E-state index is 0.0933. The van der Waals surface area contributed by atoms with Crippen molar-refractivity contribution < 1.29 is 9.59 Å². The second-order valence-corrected chi connectivity index (χ2v) is 11.7. The first-order valence-electron chi connectivity index (χ1n) is 13.7. The van der Waals surface area contributed by atoms with E-state index in [2.05, 4.69) is 96.2 Å². The van der Waals surface area contributed by atoms with Crippen molar-refractivity contribution >= 4 is 56.0 Å². The Morgan fingerprint density at radius 3 is 1.90 bits per heavy atom. The third-order valence-corrected chi connectivity index (χ3v) is 8.07. The lowest BCUT2D eigenvalue weighted by atomic mass is 10.1. The molecule has 0 atom stereocenters. The van der Waals surface area contributed by atoms with Crippen molar-refractivity contribution in [3.8, 4) is 0 Å². The van der Waals surface area contributed by atoms with Gasteiger partial charge in [-0.15, -0.1) is 0 Å². The number of hydrogen-bond acceptors (Lipinski definition) is 4. The molecule has 202 valence electrons. The number of fused-ring (bicyclic) bond motifs is 4. The van der Waals surface area contributed by atoms with E-state index >= 15 is 0 Å². The smallest absolute Gasteiger partial charge is 0.145 e. The van der Waals surface area contributed by atoms with Gasteiger partial charge in [0.15, 0.2) is 0 Å². The summed E-state index contributed by atoms with van der Waals surface area (Å²) in [5.74, 6) is 1.31. The Kier molecular flexibility index (Phi) is 9.24. The lowest BCUT2D eigenvalue weighted by Crippen LogP contribution is -2.10. The number of aromatic nitrogens is 2. The van der Waals surface area contributed by atoms with Crippen molar-refractivity contribution in [3.63, 3.8) is 0 Å². The van der Waals surface area contributed by atoms with Crippen molar-refractivity contribution in [1.29, 1.82) is 0 Å². The Morgan fingerprint density at radius 1 is 0.744 bits per heavy atom. The topological polar surface area (TPSA) is 52.0 Å². The fourth-order valence-corrected chi connectivity index (χ4v) is 5.71. The Balaban J connectivity index is 0.000000181. The molecular weight excluding hydrogens is 500 g/mol. The van der Waals surface area contributed by atoms with E-state index in [1.165, 1.54) is 50.1 Å². The lowest BCUT2D eigenvalue weighted by Gasteiger charge is -2.08. The fraction of sp³-hybridized carbons (Fsp3) is 0.324. The molecule has 3 aromatic carbocycles. The third-order valence-electron chi connectivity index (χ3n) is 7.14. The molecule has 39 heavy (non-hydrogen) atoms. The molecule has 0 fully saturated rings. The Morgan fingerprint density at radius 2 is 1.31 bits per heavy atom. The first kappa shape index (κ1) is 28.6. The first-order valence-corrected chi connectivity index (χ1v) is 14.7. The molecule has 2 aromatic heterocycles. The second kappa shape index (κ2) is 12.6. The number of ketones is 2. The number of Topliss-reactive ketones (excluding diaryl/α,β-unsaturated/α-hetero) is 2. The van der Waals surface area contributed by atoms with Gasteiger partial charge in [-0.1, -0.05) is 94.1 Å². The van der Waals surface area contributed by atoms with Crippen LogP contribution in [-0.4, -0.2) is 26.9 Å². The van der Waals surface area contributed by atoms with Gasteiger partial charge in [0.1, 0.15) is 11.6 Å². The fourth-order valence-electron chi connectivity index (χ4n) is 4.67. The predicted molar refractivity (Wildman–Crippen MR) is 166 cm³/mol. The van der Waals surface area contributed by atoms with E-state index in [1.807, 2.05) is 27.7 Å². The van der Waals surface area contributed by atoms with E-state index in [0.29, 0.717) is 18.0 Å². The summed E-state index contributed by atoms with van der Waals surface area (Å²) in [6, 6.07) is 25.1. The Labute approximate surface area is 235 Å². The summed E-state index contributed by atoms with van der Waals surface area (Å²) in [7, 11) is 0. The highest BCUT2D eigenvalue weighted by Gasteiger charge is 2.13. The summed E-state index contributed by atoms with van der Waals surface area (Å²) in [5.41, 5.74) is 5.86. The number of nitrogens with zero attached hydrogens (tertiary/aromatic N) is 2. The van der Waals surface area contributed by atoms with Crippen LogP contribution in [0.2, 0.25) is 0 Å². The average Bonchev–Trinajstić information content (AvgIpc) is 3.25. The van der Waals surface area contributed by atoms with Crippen molar-refractivity contribution in [2.24, 2.45) is 11.8 Å². The summed E-state index contributed by atoms with van der Waals surface area (Å²) >= 11 is 1.53. The largest absolute Gasteiger partial charge is 0.340 e. The number of carbonyl (C=O) groups excluding carboxylic acids is 2. The van der Waals surface area contributed by atoms with E-state index in [9.17, 15) is 9.59 Å². The van der Waals surface area contributed by atoms with Gasteiger partial charge >= 0.3 is 0 Å². The molecule has 0 bridgehead atoms. The summed E-state index contributed by atoms with van der Waals surface area (Å²) < 4.78 is 2.27. The van der Waals surface area contributed by atoms with Gasteiger partial charge in [0, 0.05) is 52.0 Å². The summed E-state index contributed by atoms with van der Waals surface area (Å²) in [6.07, 6.45) is 0.598. The van der Waals surface area contributed by atoms with Crippen LogP contribution in [0, 0.1) is 25.7 Å². The van der Waals surface area contributed by atoms with E-state index < -0.39 is 0 Å². The minimum Gasteiger partial charge on any atom is -0.340 e. The molecule has 0 N–H and O–H groups in total. The van der Waals surface area contributed by atoms with E-state index in [4.69, 9.17) is 0 Å². The van der Waals surface area contributed by atoms with Crippen LogP contribution >= 0.6 is 11.8 Å². The molecule has 0 spiro atoms. The van der Waals surface area contributed by atoms with Crippen LogP contribution < -0.4 is 0 Å². The van der Waals surface area contributed by atoms with Gasteiger partial charge in [0.2, 0.25) is 0 Å². The van der Waals surface area contributed by atoms with Crippen molar-refractivity contribution in [2.75, 3.05) is 5.75 Å². The van der Waals surface area contributed by atoms with Gasteiger partial charge in [-0.05, 0) is 43.2 Å². The van der Waals surface area contributed by atoms with Gasteiger partial charge in [-0.2, -0.15) is 0 Å². The molecule has 0 amide bonds. The van der Waals surface area contributed by atoms with Crippen LogP contribution in [0.5, 0.6) is 0 Å². The molecular formula is C34H38N2O2S. The maximum atomic E-state index is 11.9. The average molecular weight is 539 g/mol. The number of para-hydroxylation sites is 3. The number of thioether (sulfide) groups is 1. The van der Waals surface area contributed by atoms with Gasteiger partial charge in [-0.25, -0.2) is 4.98 Å². The zero-order valence-electron chi connectivity index (χ0n) is 23.8. The molecule has 5 heteroatoms. The highest BCUT2D eigenvalue weighted by molar-refractivity contribution is 7.99. The quantitative estimate of drug-likeness (QED) is 0.186. The van der Waals surface area contributed by atoms with Crippen molar-refractivity contribution in [3.05, 3.63) is 83.9 Å². The molecule has 0 saturated heterocycles. The Bertz CT molecular complexity index is 1580. The highest BCUT2D eigenvalue weighted by Crippen LogP contribution is 2.29. The number of aryl methyl sites for hydroxylation is 3. The molecule has 0 radical (unpaired) electrons. The molecule has 0 aliphatic heterocycles. The minimum atomic E-state index is 0.0933. The van der Waals surface area contributed by atoms with Crippen molar-refractivity contribution in [1.82, 2.24) is 9.55 Å². The van der Waals surface area contributed by atoms with Crippen molar-refractivity contribution in [2.45, 2.75) is 59.5 Å². The maximum Gasteiger partial charge on any atom is 0.145 e. The molecule has 0 saturated carbocycles. The second-order valence-electron chi connectivity index (χ2n) is 10.7. The number of carbonyl (C=O) groups is 2. The number of hydrogen-bond donors (Lipinski definition) is 0. The maximum absolute atomic E-state index is 11.9. The molecule has 5 aromatic rings. The standard InChI is InChI=1S/C18H19NO.C16H19NOS/c1-13(2)18(20)11-12-19-16-9-5-3-7-14(16)15-8-4-6-10-17(15)19;1-10(2)14(18)9-19-15-8-12(4)13-7-5-6-11(3)16(13)17-15/h3-10,13H,11-12H2,1-2H3;5-8,10H,9H2,1-4H3. The van der Waals surface area contributed by atoms with Crippen LogP contribution in [0.3, 0.4) is 0 Å². The number of benzene rings is 3. The van der Waals surface area contributed by atoms with Crippen LogP contribution in [-0.2, 0) is 16.1 Å². The van der Waals surface area contributed by atoms with Crippen LogP contribution in [0.4, 0.5) is 0 Å². The first-order chi connectivity index (χ1) is 18.7. The molecule has 0 aliphatic carbocycles. The number of rotatable bonds is 8. The summed E-state index contributed by atoms with van der Waals surface area (Å²) in [4.78, 5) is 28.3. The molecule has 2 heterocycles. The van der Waals surface area contributed by atoms with Crippen LogP contribution in [0.25, 0.3) is 32.7 Å².